The van der Waals surface area contributed by atoms with Gasteiger partial charge in [0.05, 0.1) is 20.3 Å². The highest BCUT2D eigenvalue weighted by Crippen LogP contribution is 2.13. The van der Waals surface area contributed by atoms with Gasteiger partial charge in [-0.05, 0) is 37.1 Å². The number of nitrogens with one attached hydrogen (secondary N) is 1. The molecule has 2 rings (SSSR count). The molecule has 0 saturated carbocycles. The highest BCUT2D eigenvalue weighted by molar-refractivity contribution is 5.85. The van der Waals surface area contributed by atoms with E-state index < -0.39 is 0 Å². The molecule has 0 aromatic heterocycles. The van der Waals surface area contributed by atoms with Gasteiger partial charge in [0.15, 0.2) is 0 Å². The van der Waals surface area contributed by atoms with Crippen molar-refractivity contribution in [3.63, 3.8) is 0 Å². The van der Waals surface area contributed by atoms with Crippen LogP contribution in [0.4, 0.5) is 0 Å². The predicted molar refractivity (Wildman–Crippen MR) is 75.5 cm³/mol. The Bertz CT molecular complexity index is 323. The van der Waals surface area contributed by atoms with Crippen molar-refractivity contribution in [3.05, 3.63) is 29.8 Å². The fourth-order valence-corrected chi connectivity index (χ4v) is 2.11. The highest BCUT2D eigenvalue weighted by Gasteiger charge is 2.11. The lowest BCUT2D eigenvalue weighted by Crippen LogP contribution is -2.37. The number of benzene rings is 1. The molecule has 0 aliphatic carbocycles. The van der Waals surface area contributed by atoms with Crippen LogP contribution < -0.4 is 10.1 Å². The number of hydrogen-bond acceptors (Lipinski definition) is 3. The summed E-state index contributed by atoms with van der Waals surface area (Å²) < 4.78 is 10.8. The first-order valence-electron chi connectivity index (χ1n) is 6.32. The topological polar surface area (TPSA) is 30.5 Å². The van der Waals surface area contributed by atoms with Gasteiger partial charge in [0, 0.05) is 6.04 Å². The van der Waals surface area contributed by atoms with Crippen LogP contribution in [0.1, 0.15) is 24.8 Å². The van der Waals surface area contributed by atoms with E-state index in [1.54, 1.807) is 7.11 Å². The van der Waals surface area contributed by atoms with Gasteiger partial charge < -0.3 is 14.8 Å². The molecule has 0 radical (unpaired) electrons. The zero-order chi connectivity index (χ0) is 11.9. The first-order valence-corrected chi connectivity index (χ1v) is 6.32. The molecular formula is C14H22ClNO2. The predicted octanol–water partition coefficient (Wildman–Crippen LogP) is 2.78. The Hall–Kier alpha value is -0.770. The first kappa shape index (κ1) is 15.3. The van der Waals surface area contributed by atoms with E-state index in [9.17, 15) is 0 Å². The van der Waals surface area contributed by atoms with Crippen LogP contribution >= 0.6 is 12.4 Å². The van der Waals surface area contributed by atoms with Gasteiger partial charge in [-0.25, -0.2) is 0 Å². The summed E-state index contributed by atoms with van der Waals surface area (Å²) in [7, 11) is 1.68. The number of halogens is 1. The van der Waals surface area contributed by atoms with Crippen molar-refractivity contribution in [3.8, 4) is 5.75 Å². The summed E-state index contributed by atoms with van der Waals surface area (Å²) in [5.74, 6) is 0.891. The van der Waals surface area contributed by atoms with Gasteiger partial charge in [0.25, 0.3) is 0 Å². The van der Waals surface area contributed by atoms with Gasteiger partial charge in [-0.15, -0.1) is 12.4 Å². The van der Waals surface area contributed by atoms with Crippen LogP contribution in [0.3, 0.4) is 0 Å². The monoisotopic (exact) mass is 271 g/mol. The minimum atomic E-state index is 0. The van der Waals surface area contributed by atoms with Crippen LogP contribution in [0.25, 0.3) is 0 Å². The molecule has 1 saturated heterocycles. The smallest absolute Gasteiger partial charge is 0.118 e. The van der Waals surface area contributed by atoms with Gasteiger partial charge in [-0.3, -0.25) is 0 Å². The van der Waals surface area contributed by atoms with Gasteiger partial charge in [-0.1, -0.05) is 18.6 Å². The summed E-state index contributed by atoms with van der Waals surface area (Å²) in [6.07, 6.45) is 3.86. The molecule has 1 aliphatic heterocycles. The summed E-state index contributed by atoms with van der Waals surface area (Å²) in [5.41, 5.74) is 1.20. The van der Waals surface area contributed by atoms with Crippen molar-refractivity contribution in [2.45, 2.75) is 31.9 Å². The molecule has 1 heterocycles. The molecule has 18 heavy (non-hydrogen) atoms. The summed E-state index contributed by atoms with van der Waals surface area (Å²) in [6, 6.07) is 8.58. The highest BCUT2D eigenvalue weighted by atomic mass is 35.5. The third-order valence-electron chi connectivity index (χ3n) is 3.16. The average Bonchev–Trinajstić information content (AvgIpc) is 2.41. The Morgan fingerprint density at radius 2 is 2.00 bits per heavy atom. The molecule has 1 aromatic rings. The van der Waals surface area contributed by atoms with Gasteiger partial charge in [0.2, 0.25) is 0 Å². The molecule has 3 nitrogen and oxygen atoms in total. The van der Waals surface area contributed by atoms with Gasteiger partial charge >= 0.3 is 0 Å². The van der Waals surface area contributed by atoms with E-state index in [1.807, 2.05) is 24.3 Å². The molecular weight excluding hydrogens is 250 g/mol. The Morgan fingerprint density at radius 3 is 2.61 bits per heavy atom. The Kier molecular flexibility index (Phi) is 7.09. The normalized spacial score (nSPS) is 19.1. The maximum Gasteiger partial charge on any atom is 0.118 e. The number of methoxy groups -OCH3 is 1. The maximum absolute atomic E-state index is 5.73. The van der Waals surface area contributed by atoms with Crippen molar-refractivity contribution in [2.75, 3.05) is 20.3 Å². The van der Waals surface area contributed by atoms with E-state index in [0.717, 1.165) is 18.9 Å². The number of rotatable bonds is 5. The minimum absolute atomic E-state index is 0. The lowest BCUT2D eigenvalue weighted by Gasteiger charge is -2.23. The zero-order valence-electron chi connectivity index (χ0n) is 10.9. The average molecular weight is 272 g/mol. The van der Waals surface area contributed by atoms with Crippen molar-refractivity contribution in [1.82, 2.24) is 5.32 Å². The Morgan fingerprint density at radius 1 is 1.22 bits per heavy atom. The first-order chi connectivity index (χ1) is 8.38. The second kappa shape index (κ2) is 8.35. The van der Waals surface area contributed by atoms with E-state index >= 15 is 0 Å². The molecule has 0 amide bonds. The van der Waals surface area contributed by atoms with E-state index in [1.165, 1.54) is 24.8 Å². The summed E-state index contributed by atoms with van der Waals surface area (Å²) in [4.78, 5) is 0. The molecule has 0 spiro atoms. The number of piperidine rings is 1. The quantitative estimate of drug-likeness (QED) is 0.893. The van der Waals surface area contributed by atoms with Crippen molar-refractivity contribution in [2.24, 2.45) is 0 Å². The van der Waals surface area contributed by atoms with Crippen molar-refractivity contribution >= 4 is 12.4 Å². The third-order valence-corrected chi connectivity index (χ3v) is 3.16. The van der Waals surface area contributed by atoms with E-state index in [-0.39, 0.29) is 12.4 Å². The SMILES string of the molecule is COc1ccc(COCC2CCCCN2)cc1.Cl. The molecule has 1 atom stereocenters. The second-order valence-electron chi connectivity index (χ2n) is 4.51. The lowest BCUT2D eigenvalue weighted by molar-refractivity contribution is 0.0911. The molecule has 1 aromatic carbocycles. The molecule has 1 unspecified atom stereocenters. The maximum atomic E-state index is 5.73. The Labute approximate surface area is 115 Å². The summed E-state index contributed by atoms with van der Waals surface area (Å²) in [6.45, 7) is 2.63. The van der Waals surface area contributed by atoms with Crippen LogP contribution in [-0.4, -0.2) is 26.3 Å². The van der Waals surface area contributed by atoms with E-state index in [2.05, 4.69) is 5.32 Å². The molecule has 1 fully saturated rings. The Balaban J connectivity index is 0.00000162. The van der Waals surface area contributed by atoms with Crippen LogP contribution in [0.2, 0.25) is 0 Å². The molecule has 102 valence electrons. The van der Waals surface area contributed by atoms with Crippen LogP contribution in [0, 0.1) is 0 Å². The fourth-order valence-electron chi connectivity index (χ4n) is 2.11. The number of hydrogen-bond donors (Lipinski definition) is 1. The van der Waals surface area contributed by atoms with Crippen LogP contribution in [0.5, 0.6) is 5.75 Å². The van der Waals surface area contributed by atoms with E-state index in [0.29, 0.717) is 12.6 Å². The molecule has 1 aliphatic rings. The van der Waals surface area contributed by atoms with Crippen LogP contribution in [0.15, 0.2) is 24.3 Å². The summed E-state index contributed by atoms with van der Waals surface area (Å²) >= 11 is 0. The van der Waals surface area contributed by atoms with Crippen molar-refractivity contribution < 1.29 is 9.47 Å². The fraction of sp³-hybridized carbons (Fsp3) is 0.571. The standard InChI is InChI=1S/C14H21NO2.ClH/c1-16-14-7-5-12(6-8-14)10-17-11-13-4-2-3-9-15-13;/h5-8,13,15H,2-4,9-11H2,1H3;1H. The van der Waals surface area contributed by atoms with Gasteiger partial charge in [0.1, 0.15) is 5.75 Å². The number of ether oxygens (including phenoxy) is 2. The lowest BCUT2D eigenvalue weighted by atomic mass is 10.1. The molecule has 1 N–H and O–H groups in total. The summed E-state index contributed by atoms with van der Waals surface area (Å²) in [5, 5.41) is 3.48. The second-order valence-corrected chi connectivity index (χ2v) is 4.51. The van der Waals surface area contributed by atoms with Crippen molar-refractivity contribution in [1.29, 1.82) is 0 Å². The van der Waals surface area contributed by atoms with Gasteiger partial charge in [-0.2, -0.15) is 0 Å². The zero-order valence-corrected chi connectivity index (χ0v) is 11.7. The van der Waals surface area contributed by atoms with Crippen LogP contribution in [-0.2, 0) is 11.3 Å². The third kappa shape index (κ3) is 4.84. The molecule has 0 bridgehead atoms. The molecule has 4 heteroatoms. The van der Waals surface area contributed by atoms with E-state index in [4.69, 9.17) is 9.47 Å². The largest absolute Gasteiger partial charge is 0.497 e. The minimum Gasteiger partial charge on any atom is -0.497 e.